The van der Waals surface area contributed by atoms with Crippen LogP contribution in [0.5, 0.6) is 0 Å². The summed E-state index contributed by atoms with van der Waals surface area (Å²) in [6, 6.07) is 0. The van der Waals surface area contributed by atoms with Crippen molar-refractivity contribution >= 4 is 11.9 Å². The van der Waals surface area contributed by atoms with Crippen LogP contribution >= 0.6 is 0 Å². The molecule has 0 aromatic rings. The molecule has 0 atom stereocenters. The van der Waals surface area contributed by atoms with E-state index in [1.807, 2.05) is 0 Å². The smallest absolute Gasteiger partial charge is 1.00 e. The van der Waals surface area contributed by atoms with Crippen LogP contribution in [-0.4, -0.2) is 23.7 Å². The molecule has 0 unspecified atom stereocenters. The van der Waals surface area contributed by atoms with Gasteiger partial charge < -0.3 is 12.7 Å². The summed E-state index contributed by atoms with van der Waals surface area (Å²) in [4.78, 5) is 20.3. The molecule has 0 heterocycles. The van der Waals surface area contributed by atoms with Gasteiger partial charge >= 0.3 is 71.1 Å². The van der Waals surface area contributed by atoms with E-state index in [1.54, 1.807) is 0 Å². The van der Waals surface area contributed by atoms with Gasteiger partial charge in [-0.25, -0.2) is 0 Å². The molecule has 0 aromatic heterocycles. The van der Waals surface area contributed by atoms with Crippen molar-refractivity contribution in [2.45, 2.75) is 13.3 Å². The Morgan fingerprint density at radius 1 is 1.45 bits per heavy atom. The molecule has 0 fully saturated rings. The average molecular weight is 180 g/mol. The Balaban J connectivity index is -0.0000000533. The molecule has 0 spiro atoms. The summed E-state index contributed by atoms with van der Waals surface area (Å²) in [6.45, 7) is 0.849. The Morgan fingerprint density at radius 2 is 1.91 bits per heavy atom. The summed E-state index contributed by atoms with van der Waals surface area (Å²) in [6.07, 6.45) is -0.125. The molecule has 0 aliphatic rings. The molecular formula is C5H10Na2O4. The molecule has 6 heteroatoms. The van der Waals surface area contributed by atoms with Crippen LogP contribution in [0.1, 0.15) is 16.2 Å². The largest absolute Gasteiger partial charge is 1.00 e. The number of esters is 2. The van der Waals surface area contributed by atoms with Crippen LogP contribution in [0.25, 0.3) is 0 Å². The molecule has 11 heavy (non-hydrogen) atoms. The Labute approximate surface area is 112 Å². The van der Waals surface area contributed by atoms with Gasteiger partial charge in [0.15, 0.2) is 0 Å². The van der Waals surface area contributed by atoms with E-state index in [0.717, 1.165) is 6.92 Å². The number of hydrogen-bond acceptors (Lipinski definition) is 4. The molecule has 0 aliphatic heterocycles. The third-order valence-corrected chi connectivity index (χ3v) is 0.573. The van der Waals surface area contributed by atoms with Gasteiger partial charge in [0.25, 0.3) is 0 Å². The van der Waals surface area contributed by atoms with Crippen LogP contribution in [0.3, 0.4) is 0 Å². The van der Waals surface area contributed by atoms with E-state index < -0.39 is 11.9 Å². The zero-order valence-electron chi connectivity index (χ0n) is 9.09. The van der Waals surface area contributed by atoms with Gasteiger partial charge in [0, 0.05) is 6.92 Å². The summed E-state index contributed by atoms with van der Waals surface area (Å²) in [5.74, 6) is -1.33. The van der Waals surface area contributed by atoms with Crippen molar-refractivity contribution in [3.63, 3.8) is 0 Å². The monoisotopic (exact) mass is 180 g/mol. The van der Waals surface area contributed by atoms with Crippen LogP contribution in [0.4, 0.5) is 0 Å². The molecule has 0 radical (unpaired) electrons. The van der Waals surface area contributed by atoms with Gasteiger partial charge in [-0.3, -0.25) is 9.59 Å². The zero-order valence-corrected chi connectivity index (χ0v) is 11.1. The molecule has 1 N–H and O–H groups in total. The zero-order chi connectivity index (χ0) is 7.28. The van der Waals surface area contributed by atoms with E-state index in [4.69, 9.17) is 5.11 Å². The first kappa shape index (κ1) is 18.0. The van der Waals surface area contributed by atoms with E-state index in [1.165, 1.54) is 0 Å². The van der Waals surface area contributed by atoms with Gasteiger partial charge in [-0.1, -0.05) is 0 Å². The van der Waals surface area contributed by atoms with Crippen molar-refractivity contribution in [2.24, 2.45) is 0 Å². The van der Waals surface area contributed by atoms with Crippen molar-refractivity contribution in [3.05, 3.63) is 0 Å². The normalized spacial score (nSPS) is 7.09. The summed E-state index contributed by atoms with van der Waals surface area (Å²) in [5.41, 5.74) is 0. The molecule has 0 aliphatic carbocycles. The molecular weight excluding hydrogens is 170 g/mol. The molecule has 0 bridgehead atoms. The molecule has 4 nitrogen and oxygen atoms in total. The van der Waals surface area contributed by atoms with E-state index in [-0.39, 0.29) is 75.0 Å². The van der Waals surface area contributed by atoms with E-state index in [0.29, 0.717) is 0 Å². The van der Waals surface area contributed by atoms with Crippen LogP contribution in [0.15, 0.2) is 0 Å². The maximum atomic E-state index is 10.3. The van der Waals surface area contributed by atoms with Gasteiger partial charge in [0.05, 0.1) is 13.0 Å². The number of aliphatic hydroxyl groups excluding tert-OH is 1. The van der Waals surface area contributed by atoms with Gasteiger partial charge in [-0.2, -0.15) is 0 Å². The number of rotatable bonds is 2. The summed E-state index contributed by atoms with van der Waals surface area (Å²) in [7, 11) is 0. The SMILES string of the molecule is CC(=O)OC(=O)CCO.[H-].[H-].[Na+].[Na+]. The number of ether oxygens (including phenoxy) is 1. The molecule has 56 valence electrons. The minimum absolute atomic E-state index is 0. The van der Waals surface area contributed by atoms with E-state index >= 15 is 0 Å². The van der Waals surface area contributed by atoms with Gasteiger partial charge in [0.2, 0.25) is 0 Å². The fourth-order valence-electron chi connectivity index (χ4n) is 0.303. The van der Waals surface area contributed by atoms with Gasteiger partial charge in [-0.15, -0.1) is 0 Å². The van der Waals surface area contributed by atoms with Crippen molar-refractivity contribution in [3.8, 4) is 0 Å². The standard InChI is InChI=1S/C5H8O4.2Na.2H/c1-4(7)9-5(8)2-3-6;;;;/h6H,2-3H2,1H3;;;;/q;2*+1;2*-1. The van der Waals surface area contributed by atoms with Crippen molar-refractivity contribution in [2.75, 3.05) is 6.61 Å². The maximum absolute atomic E-state index is 10.3. The molecule has 0 amide bonds. The second-order valence-electron chi connectivity index (χ2n) is 1.44. The second-order valence-corrected chi connectivity index (χ2v) is 1.44. The summed E-state index contributed by atoms with van der Waals surface area (Å²) >= 11 is 0. The second kappa shape index (κ2) is 11.1. The van der Waals surface area contributed by atoms with Crippen molar-refractivity contribution in [1.29, 1.82) is 0 Å². The molecule has 0 saturated carbocycles. The first-order chi connectivity index (χ1) is 4.16. The van der Waals surface area contributed by atoms with Crippen molar-refractivity contribution in [1.82, 2.24) is 0 Å². The Hall–Kier alpha value is 1.10. The fourth-order valence-corrected chi connectivity index (χ4v) is 0.303. The topological polar surface area (TPSA) is 63.6 Å². The first-order valence-corrected chi connectivity index (χ1v) is 2.49. The van der Waals surface area contributed by atoms with E-state index in [2.05, 4.69) is 4.74 Å². The molecule has 0 saturated heterocycles. The van der Waals surface area contributed by atoms with Crippen molar-refractivity contribution < 1.29 is 81.4 Å². The maximum Gasteiger partial charge on any atom is 1.00 e. The fraction of sp³-hybridized carbons (Fsp3) is 0.600. The predicted molar refractivity (Wildman–Crippen MR) is 30.7 cm³/mol. The Morgan fingerprint density at radius 3 is 2.18 bits per heavy atom. The number of carbonyl (C=O) groups is 2. The minimum Gasteiger partial charge on any atom is -1.00 e. The van der Waals surface area contributed by atoms with Crippen LogP contribution < -0.4 is 59.1 Å². The third kappa shape index (κ3) is 14.0. The first-order valence-electron chi connectivity index (χ1n) is 2.49. The molecule has 0 aromatic carbocycles. The minimum atomic E-state index is -0.690. The van der Waals surface area contributed by atoms with Gasteiger partial charge in [-0.05, 0) is 0 Å². The quantitative estimate of drug-likeness (QED) is 0.261. The van der Waals surface area contributed by atoms with Gasteiger partial charge in [0.1, 0.15) is 0 Å². The number of hydrogen-bond donors (Lipinski definition) is 1. The van der Waals surface area contributed by atoms with Crippen LogP contribution in [0, 0.1) is 0 Å². The van der Waals surface area contributed by atoms with E-state index in [9.17, 15) is 9.59 Å². The average Bonchev–Trinajstić information content (AvgIpc) is 1.63. The summed E-state index contributed by atoms with van der Waals surface area (Å²) < 4.78 is 4.05. The Kier molecular flexibility index (Phi) is 18.2. The summed E-state index contributed by atoms with van der Waals surface area (Å²) in [5, 5.41) is 8.14. The van der Waals surface area contributed by atoms with Crippen LogP contribution in [0.2, 0.25) is 0 Å². The van der Waals surface area contributed by atoms with Crippen LogP contribution in [-0.2, 0) is 14.3 Å². The third-order valence-electron chi connectivity index (χ3n) is 0.573. The number of carbonyl (C=O) groups excluding carboxylic acids is 2. The predicted octanol–water partition coefficient (Wildman–Crippen LogP) is -6.31. The Bertz CT molecular complexity index is 134. The number of aliphatic hydroxyl groups is 1. The molecule has 0 rings (SSSR count).